The van der Waals surface area contributed by atoms with Gasteiger partial charge >= 0.3 is 0 Å². The third-order valence-electron chi connectivity index (χ3n) is 3.20. The van der Waals surface area contributed by atoms with Gasteiger partial charge in [-0.2, -0.15) is 0 Å². The molecule has 1 aliphatic heterocycles. The first-order chi connectivity index (χ1) is 6.25. The molecule has 0 unspecified atom stereocenters. The van der Waals surface area contributed by atoms with Gasteiger partial charge in [0.15, 0.2) is 0 Å². The molecule has 0 aliphatic carbocycles. The lowest BCUT2D eigenvalue weighted by molar-refractivity contribution is 0.104. The molecule has 0 bridgehead atoms. The number of hydrogen-bond acceptors (Lipinski definition) is 2. The van der Waals surface area contributed by atoms with Crippen LogP contribution in [0.3, 0.4) is 0 Å². The third-order valence-corrected chi connectivity index (χ3v) is 3.20. The van der Waals surface area contributed by atoms with E-state index in [2.05, 4.69) is 18.7 Å². The summed E-state index contributed by atoms with van der Waals surface area (Å²) in [5.74, 6) is 0. The van der Waals surface area contributed by atoms with Crippen LogP contribution < -0.4 is 0 Å². The molecule has 0 spiro atoms. The van der Waals surface area contributed by atoms with Crippen molar-refractivity contribution < 1.29 is 5.11 Å². The molecule has 2 heteroatoms. The van der Waals surface area contributed by atoms with Crippen molar-refractivity contribution in [3.05, 3.63) is 0 Å². The van der Waals surface area contributed by atoms with Crippen molar-refractivity contribution in [2.75, 3.05) is 13.2 Å². The molecule has 78 valence electrons. The van der Waals surface area contributed by atoms with Crippen molar-refractivity contribution in [3.63, 3.8) is 0 Å². The van der Waals surface area contributed by atoms with Gasteiger partial charge in [-0.05, 0) is 46.1 Å². The fourth-order valence-corrected chi connectivity index (χ4v) is 2.33. The van der Waals surface area contributed by atoms with Gasteiger partial charge in [-0.3, -0.25) is 4.90 Å². The Labute approximate surface area is 81.9 Å². The number of likely N-dealkylation sites (tertiary alicyclic amines) is 1. The van der Waals surface area contributed by atoms with Crippen LogP contribution in [-0.4, -0.2) is 35.2 Å². The lowest BCUT2D eigenvalue weighted by Crippen LogP contribution is -2.43. The zero-order chi connectivity index (χ0) is 9.68. The molecule has 0 amide bonds. The smallest absolute Gasteiger partial charge is 0.0431 e. The van der Waals surface area contributed by atoms with Crippen molar-refractivity contribution >= 4 is 0 Å². The minimum Gasteiger partial charge on any atom is -0.396 e. The standard InChI is InChI=1S/C11H23NO/c1-10-6-3-4-8-12(10)11(2)7-5-9-13/h10-11,13H,3-9H2,1-2H3/t10-,11-/m1/s1. The maximum atomic E-state index is 8.76. The Morgan fingerprint density at radius 1 is 1.46 bits per heavy atom. The molecule has 0 saturated carbocycles. The second-order valence-electron chi connectivity index (χ2n) is 4.30. The molecular formula is C11H23NO. The Balaban J connectivity index is 2.30. The average molecular weight is 185 g/mol. The van der Waals surface area contributed by atoms with Crippen molar-refractivity contribution in [1.29, 1.82) is 0 Å². The first-order valence-corrected chi connectivity index (χ1v) is 5.62. The van der Waals surface area contributed by atoms with E-state index in [0.717, 1.165) is 18.9 Å². The summed E-state index contributed by atoms with van der Waals surface area (Å²) in [4.78, 5) is 2.60. The highest BCUT2D eigenvalue weighted by molar-refractivity contribution is 4.77. The molecule has 0 aromatic carbocycles. The van der Waals surface area contributed by atoms with Crippen LogP contribution >= 0.6 is 0 Å². The Morgan fingerprint density at radius 3 is 2.85 bits per heavy atom. The van der Waals surface area contributed by atoms with Gasteiger partial charge in [0.1, 0.15) is 0 Å². The molecule has 0 aromatic heterocycles. The summed E-state index contributed by atoms with van der Waals surface area (Å²) in [5.41, 5.74) is 0. The Morgan fingerprint density at radius 2 is 2.23 bits per heavy atom. The molecule has 0 radical (unpaired) electrons. The molecule has 1 fully saturated rings. The average Bonchev–Trinajstić information content (AvgIpc) is 2.15. The predicted octanol–water partition coefficient (Wildman–Crippen LogP) is 2.02. The zero-order valence-corrected chi connectivity index (χ0v) is 9.00. The quantitative estimate of drug-likeness (QED) is 0.724. The van der Waals surface area contributed by atoms with Crippen LogP contribution in [-0.2, 0) is 0 Å². The van der Waals surface area contributed by atoms with E-state index in [1.807, 2.05) is 0 Å². The fourth-order valence-electron chi connectivity index (χ4n) is 2.33. The molecule has 1 aliphatic rings. The van der Waals surface area contributed by atoms with Crippen LogP contribution in [0.4, 0.5) is 0 Å². The second-order valence-corrected chi connectivity index (χ2v) is 4.30. The van der Waals surface area contributed by atoms with Gasteiger partial charge in [-0.15, -0.1) is 0 Å². The monoisotopic (exact) mass is 185 g/mol. The maximum Gasteiger partial charge on any atom is 0.0431 e. The van der Waals surface area contributed by atoms with Gasteiger partial charge in [0.2, 0.25) is 0 Å². The maximum absolute atomic E-state index is 8.76. The van der Waals surface area contributed by atoms with Gasteiger partial charge < -0.3 is 5.11 Å². The number of rotatable bonds is 4. The third kappa shape index (κ3) is 3.28. The van der Waals surface area contributed by atoms with Gasteiger partial charge in [-0.1, -0.05) is 6.42 Å². The minimum absolute atomic E-state index is 0.340. The largest absolute Gasteiger partial charge is 0.396 e. The van der Waals surface area contributed by atoms with Crippen LogP contribution in [0, 0.1) is 0 Å². The van der Waals surface area contributed by atoms with Crippen LogP contribution in [0.15, 0.2) is 0 Å². The Hall–Kier alpha value is -0.0800. The molecule has 1 heterocycles. The predicted molar refractivity (Wildman–Crippen MR) is 55.8 cm³/mol. The summed E-state index contributed by atoms with van der Waals surface area (Å²) < 4.78 is 0. The van der Waals surface area contributed by atoms with E-state index in [9.17, 15) is 0 Å². The second kappa shape index (κ2) is 5.61. The highest BCUT2D eigenvalue weighted by Gasteiger charge is 2.22. The van der Waals surface area contributed by atoms with E-state index in [1.165, 1.54) is 25.8 Å². The molecule has 0 aromatic rings. The summed E-state index contributed by atoms with van der Waals surface area (Å²) >= 11 is 0. The van der Waals surface area contributed by atoms with Gasteiger partial charge in [0.05, 0.1) is 0 Å². The van der Waals surface area contributed by atoms with Crippen molar-refractivity contribution in [3.8, 4) is 0 Å². The van der Waals surface area contributed by atoms with Crippen LogP contribution in [0.25, 0.3) is 0 Å². The number of aliphatic hydroxyl groups is 1. The highest BCUT2D eigenvalue weighted by Crippen LogP contribution is 2.20. The molecule has 1 saturated heterocycles. The lowest BCUT2D eigenvalue weighted by atomic mass is 10.00. The minimum atomic E-state index is 0.340. The molecule has 1 rings (SSSR count). The highest BCUT2D eigenvalue weighted by atomic mass is 16.2. The molecule has 2 atom stereocenters. The normalized spacial score (nSPS) is 27.5. The Bertz CT molecular complexity index is 138. The van der Waals surface area contributed by atoms with Crippen LogP contribution in [0.5, 0.6) is 0 Å². The summed E-state index contributed by atoms with van der Waals surface area (Å²) in [6, 6.07) is 1.41. The molecular weight excluding hydrogens is 162 g/mol. The van der Waals surface area contributed by atoms with E-state index in [0.29, 0.717) is 12.6 Å². The van der Waals surface area contributed by atoms with E-state index in [4.69, 9.17) is 5.11 Å². The zero-order valence-electron chi connectivity index (χ0n) is 9.00. The summed E-state index contributed by atoms with van der Waals surface area (Å²) in [6.07, 6.45) is 6.19. The topological polar surface area (TPSA) is 23.5 Å². The molecule has 2 nitrogen and oxygen atoms in total. The summed E-state index contributed by atoms with van der Waals surface area (Å²) in [6.45, 7) is 6.21. The van der Waals surface area contributed by atoms with E-state index in [1.54, 1.807) is 0 Å². The first-order valence-electron chi connectivity index (χ1n) is 5.62. The molecule has 1 N–H and O–H groups in total. The molecule has 13 heavy (non-hydrogen) atoms. The van der Waals surface area contributed by atoms with Gasteiger partial charge in [-0.25, -0.2) is 0 Å². The number of piperidine rings is 1. The van der Waals surface area contributed by atoms with Crippen molar-refractivity contribution in [2.24, 2.45) is 0 Å². The first kappa shape index (κ1) is 11.0. The number of hydrogen-bond donors (Lipinski definition) is 1. The van der Waals surface area contributed by atoms with Crippen LogP contribution in [0.1, 0.15) is 46.0 Å². The van der Waals surface area contributed by atoms with E-state index in [-0.39, 0.29) is 0 Å². The lowest BCUT2D eigenvalue weighted by Gasteiger charge is -2.38. The van der Waals surface area contributed by atoms with Crippen molar-refractivity contribution in [2.45, 2.75) is 58.0 Å². The number of aliphatic hydroxyl groups excluding tert-OH is 1. The summed E-state index contributed by atoms with van der Waals surface area (Å²) in [5, 5.41) is 8.76. The number of nitrogens with zero attached hydrogens (tertiary/aromatic N) is 1. The SMILES string of the molecule is C[C@H](CCCO)N1CCCC[C@H]1C. The van der Waals surface area contributed by atoms with Gasteiger partial charge in [0, 0.05) is 18.7 Å². The fraction of sp³-hybridized carbons (Fsp3) is 1.00. The van der Waals surface area contributed by atoms with E-state index < -0.39 is 0 Å². The Kier molecular flexibility index (Phi) is 4.74. The summed E-state index contributed by atoms with van der Waals surface area (Å²) in [7, 11) is 0. The van der Waals surface area contributed by atoms with Crippen molar-refractivity contribution in [1.82, 2.24) is 4.90 Å². The van der Waals surface area contributed by atoms with Crippen LogP contribution in [0.2, 0.25) is 0 Å². The van der Waals surface area contributed by atoms with Gasteiger partial charge in [0.25, 0.3) is 0 Å². The van der Waals surface area contributed by atoms with E-state index >= 15 is 0 Å².